The number of rotatable bonds is 3. The predicted molar refractivity (Wildman–Crippen MR) is 63.6 cm³/mol. The van der Waals surface area contributed by atoms with Gasteiger partial charge in [0.1, 0.15) is 0 Å². The normalized spacial score (nSPS) is 22.1. The Labute approximate surface area is 93.1 Å². The maximum atomic E-state index is 11.4. The lowest BCUT2D eigenvalue weighted by atomic mass is 9.79. The minimum absolute atomic E-state index is 0.150. The monoisotopic (exact) mass is 209 g/mol. The first kappa shape index (κ1) is 12.3. The van der Waals surface area contributed by atoms with Crippen LogP contribution in [0.1, 0.15) is 46.5 Å². The molecule has 1 rings (SSSR count). The SMILES string of the molecule is CNC(=O)CC1=C(C(C)C)CCC(C)C1. The Hall–Kier alpha value is -0.790. The van der Waals surface area contributed by atoms with Crippen LogP contribution in [0.5, 0.6) is 0 Å². The van der Waals surface area contributed by atoms with Crippen molar-refractivity contribution in [2.75, 3.05) is 7.05 Å². The lowest BCUT2D eigenvalue weighted by Crippen LogP contribution is -2.21. The molecule has 0 aromatic heterocycles. The van der Waals surface area contributed by atoms with Crippen molar-refractivity contribution >= 4 is 5.91 Å². The Bertz CT molecular complexity index is 266. The molecule has 86 valence electrons. The van der Waals surface area contributed by atoms with Crippen LogP contribution in [0.25, 0.3) is 0 Å². The van der Waals surface area contributed by atoms with E-state index in [1.54, 1.807) is 7.05 Å². The first-order valence-electron chi connectivity index (χ1n) is 5.96. The zero-order valence-corrected chi connectivity index (χ0v) is 10.4. The minimum atomic E-state index is 0.150. The van der Waals surface area contributed by atoms with Crippen molar-refractivity contribution in [3.63, 3.8) is 0 Å². The number of carbonyl (C=O) groups is 1. The standard InChI is InChI=1S/C13H23NO/c1-9(2)12-6-5-10(3)7-11(12)8-13(15)14-4/h9-10H,5-8H2,1-4H3,(H,14,15). The molecule has 15 heavy (non-hydrogen) atoms. The Balaban J connectivity index is 2.79. The van der Waals surface area contributed by atoms with E-state index in [1.807, 2.05) is 0 Å². The molecule has 0 heterocycles. The van der Waals surface area contributed by atoms with E-state index < -0.39 is 0 Å². The zero-order valence-electron chi connectivity index (χ0n) is 10.4. The Morgan fingerprint density at radius 2 is 2.20 bits per heavy atom. The molecule has 0 aromatic carbocycles. The Morgan fingerprint density at radius 3 is 2.73 bits per heavy atom. The van der Waals surface area contributed by atoms with Crippen molar-refractivity contribution < 1.29 is 4.79 Å². The molecule has 1 amide bonds. The smallest absolute Gasteiger partial charge is 0.223 e. The van der Waals surface area contributed by atoms with Gasteiger partial charge in [-0.15, -0.1) is 0 Å². The van der Waals surface area contributed by atoms with Crippen LogP contribution < -0.4 is 5.32 Å². The molecule has 0 fully saturated rings. The van der Waals surface area contributed by atoms with Crippen molar-refractivity contribution in [3.8, 4) is 0 Å². The molecule has 0 aliphatic heterocycles. The molecule has 1 N–H and O–H groups in total. The average molecular weight is 209 g/mol. The first-order valence-corrected chi connectivity index (χ1v) is 5.96. The summed E-state index contributed by atoms with van der Waals surface area (Å²) in [6, 6.07) is 0. The van der Waals surface area contributed by atoms with Crippen molar-refractivity contribution in [1.29, 1.82) is 0 Å². The molecule has 0 aromatic rings. The van der Waals surface area contributed by atoms with E-state index in [2.05, 4.69) is 26.1 Å². The summed E-state index contributed by atoms with van der Waals surface area (Å²) in [7, 11) is 1.71. The van der Waals surface area contributed by atoms with Crippen molar-refractivity contribution in [3.05, 3.63) is 11.1 Å². The zero-order chi connectivity index (χ0) is 11.4. The van der Waals surface area contributed by atoms with Crippen LogP contribution in [0.3, 0.4) is 0 Å². The summed E-state index contributed by atoms with van der Waals surface area (Å²) in [4.78, 5) is 11.4. The predicted octanol–water partition coefficient (Wildman–Crippen LogP) is 2.90. The van der Waals surface area contributed by atoms with Gasteiger partial charge in [-0.05, 0) is 31.1 Å². The highest BCUT2D eigenvalue weighted by atomic mass is 16.1. The van der Waals surface area contributed by atoms with Gasteiger partial charge in [-0.1, -0.05) is 31.9 Å². The van der Waals surface area contributed by atoms with Gasteiger partial charge in [0.2, 0.25) is 5.91 Å². The van der Waals surface area contributed by atoms with Crippen LogP contribution in [-0.4, -0.2) is 13.0 Å². The lowest BCUT2D eigenvalue weighted by Gasteiger charge is -2.27. The Morgan fingerprint density at radius 1 is 1.53 bits per heavy atom. The molecule has 1 aliphatic carbocycles. The third kappa shape index (κ3) is 3.37. The second kappa shape index (κ2) is 5.34. The van der Waals surface area contributed by atoms with Gasteiger partial charge in [0.15, 0.2) is 0 Å². The lowest BCUT2D eigenvalue weighted by molar-refractivity contribution is -0.120. The summed E-state index contributed by atoms with van der Waals surface area (Å²) in [6.45, 7) is 6.74. The molecule has 0 saturated carbocycles. The molecule has 1 aliphatic rings. The molecule has 2 nitrogen and oxygen atoms in total. The maximum Gasteiger partial charge on any atom is 0.223 e. The number of hydrogen-bond donors (Lipinski definition) is 1. The summed E-state index contributed by atoms with van der Waals surface area (Å²) in [5, 5.41) is 2.71. The fraction of sp³-hybridized carbons (Fsp3) is 0.769. The van der Waals surface area contributed by atoms with Gasteiger partial charge in [0.05, 0.1) is 0 Å². The molecular formula is C13H23NO. The second-order valence-electron chi connectivity index (χ2n) is 4.98. The van der Waals surface area contributed by atoms with E-state index in [9.17, 15) is 4.79 Å². The highest BCUT2D eigenvalue weighted by Gasteiger charge is 2.21. The van der Waals surface area contributed by atoms with Crippen LogP contribution in [0, 0.1) is 11.8 Å². The van der Waals surface area contributed by atoms with Gasteiger partial charge in [0, 0.05) is 13.5 Å². The molecule has 0 spiro atoms. The van der Waals surface area contributed by atoms with Crippen LogP contribution in [-0.2, 0) is 4.79 Å². The van der Waals surface area contributed by atoms with Gasteiger partial charge in [-0.25, -0.2) is 0 Å². The second-order valence-corrected chi connectivity index (χ2v) is 4.98. The highest BCUT2D eigenvalue weighted by Crippen LogP contribution is 2.34. The molecule has 2 heteroatoms. The highest BCUT2D eigenvalue weighted by molar-refractivity contribution is 5.78. The van der Waals surface area contributed by atoms with Crippen molar-refractivity contribution in [1.82, 2.24) is 5.32 Å². The van der Waals surface area contributed by atoms with Gasteiger partial charge < -0.3 is 5.32 Å². The molecular weight excluding hydrogens is 186 g/mol. The van der Waals surface area contributed by atoms with Crippen LogP contribution in [0.2, 0.25) is 0 Å². The number of amides is 1. The molecule has 0 bridgehead atoms. The van der Waals surface area contributed by atoms with E-state index >= 15 is 0 Å². The summed E-state index contributed by atoms with van der Waals surface area (Å²) in [6.07, 6.45) is 4.19. The molecule has 1 atom stereocenters. The van der Waals surface area contributed by atoms with Crippen LogP contribution >= 0.6 is 0 Å². The quantitative estimate of drug-likeness (QED) is 0.711. The first-order chi connectivity index (χ1) is 7.04. The summed E-state index contributed by atoms with van der Waals surface area (Å²) in [5.41, 5.74) is 2.92. The maximum absolute atomic E-state index is 11.4. The van der Waals surface area contributed by atoms with E-state index in [0.29, 0.717) is 12.3 Å². The number of hydrogen-bond acceptors (Lipinski definition) is 1. The van der Waals surface area contributed by atoms with Gasteiger partial charge >= 0.3 is 0 Å². The third-order valence-electron chi connectivity index (χ3n) is 3.31. The topological polar surface area (TPSA) is 29.1 Å². The molecule has 0 saturated heterocycles. The van der Waals surface area contributed by atoms with Gasteiger partial charge in [-0.2, -0.15) is 0 Å². The van der Waals surface area contributed by atoms with E-state index in [0.717, 1.165) is 12.3 Å². The summed E-state index contributed by atoms with van der Waals surface area (Å²) < 4.78 is 0. The number of carbonyl (C=O) groups excluding carboxylic acids is 1. The van der Waals surface area contributed by atoms with E-state index in [-0.39, 0.29) is 5.91 Å². The summed E-state index contributed by atoms with van der Waals surface area (Å²) in [5.74, 6) is 1.49. The van der Waals surface area contributed by atoms with Crippen LogP contribution in [0.4, 0.5) is 0 Å². The van der Waals surface area contributed by atoms with Crippen molar-refractivity contribution in [2.24, 2.45) is 11.8 Å². The Kier molecular flexibility index (Phi) is 4.37. The number of allylic oxidation sites excluding steroid dienone is 1. The van der Waals surface area contributed by atoms with E-state index in [4.69, 9.17) is 0 Å². The number of nitrogens with one attached hydrogen (secondary N) is 1. The minimum Gasteiger partial charge on any atom is -0.359 e. The van der Waals surface area contributed by atoms with Crippen LogP contribution in [0.15, 0.2) is 11.1 Å². The largest absolute Gasteiger partial charge is 0.359 e. The van der Waals surface area contributed by atoms with Gasteiger partial charge in [0.25, 0.3) is 0 Å². The van der Waals surface area contributed by atoms with Crippen molar-refractivity contribution in [2.45, 2.75) is 46.5 Å². The fourth-order valence-corrected chi connectivity index (χ4v) is 2.40. The molecule has 1 unspecified atom stereocenters. The van der Waals surface area contributed by atoms with E-state index in [1.165, 1.54) is 24.0 Å². The fourth-order valence-electron chi connectivity index (χ4n) is 2.40. The third-order valence-corrected chi connectivity index (χ3v) is 3.31. The average Bonchev–Trinajstić information content (AvgIpc) is 2.17. The summed E-state index contributed by atoms with van der Waals surface area (Å²) >= 11 is 0. The van der Waals surface area contributed by atoms with Gasteiger partial charge in [-0.3, -0.25) is 4.79 Å². The molecule has 0 radical (unpaired) electrons.